The zero-order valence-electron chi connectivity index (χ0n) is 15.8. The summed E-state index contributed by atoms with van der Waals surface area (Å²) >= 11 is 0. The maximum absolute atomic E-state index is 12.7. The Bertz CT molecular complexity index is 754. The van der Waals surface area contributed by atoms with Crippen LogP contribution in [0.25, 0.3) is 0 Å². The largest absolute Gasteiger partial charge is 0.497 e. The molecule has 1 fully saturated rings. The van der Waals surface area contributed by atoms with E-state index in [2.05, 4.69) is 18.2 Å². The van der Waals surface area contributed by atoms with Crippen molar-refractivity contribution in [3.8, 4) is 11.5 Å². The van der Waals surface area contributed by atoms with Crippen LogP contribution in [0.4, 0.5) is 0 Å². The van der Waals surface area contributed by atoms with E-state index in [4.69, 9.17) is 9.47 Å². The van der Waals surface area contributed by atoms with Crippen LogP contribution in [-0.2, 0) is 4.79 Å². The monoisotopic (exact) mass is 353 g/mol. The van der Waals surface area contributed by atoms with Gasteiger partial charge in [0.05, 0.1) is 26.2 Å². The summed E-state index contributed by atoms with van der Waals surface area (Å²) in [6.45, 7) is 5.30. The van der Waals surface area contributed by atoms with Crippen molar-refractivity contribution in [2.75, 3.05) is 20.3 Å². The average Bonchev–Trinajstić information content (AvgIpc) is 3.14. The first-order valence-electron chi connectivity index (χ1n) is 9.22. The topological polar surface area (TPSA) is 38.8 Å². The zero-order valence-corrected chi connectivity index (χ0v) is 15.8. The van der Waals surface area contributed by atoms with Gasteiger partial charge in [0, 0.05) is 6.54 Å². The molecule has 2 aromatic rings. The molecule has 0 radical (unpaired) electrons. The molecule has 0 aromatic heterocycles. The molecule has 0 aliphatic carbocycles. The van der Waals surface area contributed by atoms with Gasteiger partial charge < -0.3 is 14.4 Å². The molecule has 0 spiro atoms. The highest BCUT2D eigenvalue weighted by molar-refractivity contribution is 5.77. The van der Waals surface area contributed by atoms with Gasteiger partial charge in [-0.05, 0) is 61.6 Å². The smallest absolute Gasteiger partial charge is 0.226 e. The van der Waals surface area contributed by atoms with Gasteiger partial charge in [-0.3, -0.25) is 4.79 Å². The Balaban J connectivity index is 1.58. The summed E-state index contributed by atoms with van der Waals surface area (Å²) in [5, 5.41) is 0. The van der Waals surface area contributed by atoms with Crippen LogP contribution < -0.4 is 9.47 Å². The first kappa shape index (κ1) is 18.3. The summed E-state index contributed by atoms with van der Waals surface area (Å²) in [5.41, 5.74) is 3.43. The Morgan fingerprint density at radius 1 is 1.15 bits per heavy atom. The summed E-state index contributed by atoms with van der Waals surface area (Å²) in [6, 6.07) is 14.3. The third-order valence-corrected chi connectivity index (χ3v) is 4.99. The molecule has 1 heterocycles. The molecule has 0 bridgehead atoms. The van der Waals surface area contributed by atoms with Gasteiger partial charge in [0.15, 0.2) is 0 Å². The van der Waals surface area contributed by atoms with Crippen LogP contribution in [0, 0.1) is 13.8 Å². The number of benzene rings is 2. The third kappa shape index (κ3) is 4.18. The van der Waals surface area contributed by atoms with Crippen molar-refractivity contribution >= 4 is 5.91 Å². The Morgan fingerprint density at radius 2 is 1.92 bits per heavy atom. The average molecular weight is 353 g/mol. The minimum atomic E-state index is 0.161. The number of amides is 1. The molecule has 0 N–H and O–H groups in total. The van der Waals surface area contributed by atoms with Gasteiger partial charge in [0.1, 0.15) is 11.5 Å². The zero-order chi connectivity index (χ0) is 18.5. The Morgan fingerprint density at radius 3 is 2.65 bits per heavy atom. The normalized spacial score (nSPS) is 16.6. The number of methoxy groups -OCH3 is 1. The molecule has 4 heteroatoms. The van der Waals surface area contributed by atoms with E-state index in [1.807, 2.05) is 43.0 Å². The lowest BCUT2D eigenvalue weighted by atomic mass is 10.0. The van der Waals surface area contributed by atoms with Gasteiger partial charge in [-0.2, -0.15) is 0 Å². The van der Waals surface area contributed by atoms with Crippen LogP contribution in [0.1, 0.15) is 42.0 Å². The van der Waals surface area contributed by atoms with Crippen LogP contribution in [0.3, 0.4) is 0 Å². The van der Waals surface area contributed by atoms with Crippen molar-refractivity contribution in [2.45, 2.75) is 39.2 Å². The summed E-state index contributed by atoms with van der Waals surface area (Å²) in [4.78, 5) is 14.7. The van der Waals surface area contributed by atoms with Crippen molar-refractivity contribution in [2.24, 2.45) is 0 Å². The van der Waals surface area contributed by atoms with Crippen LogP contribution in [0.5, 0.6) is 11.5 Å². The first-order valence-corrected chi connectivity index (χ1v) is 9.22. The molecule has 1 aliphatic rings. The molecular weight excluding hydrogens is 326 g/mol. The molecule has 1 saturated heterocycles. The van der Waals surface area contributed by atoms with Crippen LogP contribution in [0.15, 0.2) is 42.5 Å². The second-order valence-electron chi connectivity index (χ2n) is 6.89. The highest BCUT2D eigenvalue weighted by atomic mass is 16.5. The minimum absolute atomic E-state index is 0.161. The van der Waals surface area contributed by atoms with Crippen LogP contribution in [0.2, 0.25) is 0 Å². The number of hydrogen-bond acceptors (Lipinski definition) is 3. The van der Waals surface area contributed by atoms with E-state index >= 15 is 0 Å². The van der Waals surface area contributed by atoms with Crippen molar-refractivity contribution in [1.82, 2.24) is 4.90 Å². The van der Waals surface area contributed by atoms with Crippen molar-refractivity contribution in [3.05, 3.63) is 59.2 Å². The number of rotatable bonds is 6. The van der Waals surface area contributed by atoms with Gasteiger partial charge in [-0.1, -0.05) is 24.3 Å². The fraction of sp³-hybridized carbons (Fsp3) is 0.409. The lowest BCUT2D eigenvalue weighted by molar-refractivity contribution is -0.132. The Hall–Kier alpha value is -2.49. The Labute approximate surface area is 155 Å². The minimum Gasteiger partial charge on any atom is -0.497 e. The second-order valence-corrected chi connectivity index (χ2v) is 6.89. The van der Waals surface area contributed by atoms with Crippen LogP contribution >= 0.6 is 0 Å². The standard InChI is InChI=1S/C22H27NO3/c1-16-6-7-17(2)21(15-16)26-14-12-22(24)23-13-4-5-20(23)18-8-10-19(25-3)11-9-18/h6-11,15,20H,4-5,12-14H2,1-3H3. The lowest BCUT2D eigenvalue weighted by Gasteiger charge is -2.25. The van der Waals surface area contributed by atoms with Crippen molar-refractivity contribution in [3.63, 3.8) is 0 Å². The van der Waals surface area contributed by atoms with Gasteiger partial charge in [-0.25, -0.2) is 0 Å². The number of ether oxygens (including phenoxy) is 2. The van der Waals surface area contributed by atoms with E-state index in [9.17, 15) is 4.79 Å². The van der Waals surface area contributed by atoms with Crippen molar-refractivity contribution in [1.29, 1.82) is 0 Å². The molecule has 1 atom stereocenters. The van der Waals surface area contributed by atoms with E-state index in [1.165, 1.54) is 5.56 Å². The molecule has 1 unspecified atom stereocenters. The predicted molar refractivity (Wildman–Crippen MR) is 103 cm³/mol. The summed E-state index contributed by atoms with van der Waals surface area (Å²) in [7, 11) is 1.66. The molecule has 3 rings (SSSR count). The van der Waals surface area contributed by atoms with Gasteiger partial charge in [0.2, 0.25) is 5.91 Å². The number of likely N-dealkylation sites (tertiary alicyclic amines) is 1. The number of nitrogens with zero attached hydrogens (tertiary/aromatic N) is 1. The van der Waals surface area contributed by atoms with Gasteiger partial charge in [0.25, 0.3) is 0 Å². The molecule has 1 amide bonds. The lowest BCUT2D eigenvalue weighted by Crippen LogP contribution is -2.31. The Kier molecular flexibility index (Phi) is 5.82. The molecule has 1 aliphatic heterocycles. The van der Waals surface area contributed by atoms with E-state index in [-0.39, 0.29) is 11.9 Å². The quantitative estimate of drug-likeness (QED) is 0.770. The first-order chi connectivity index (χ1) is 12.6. The number of hydrogen-bond donors (Lipinski definition) is 0. The molecule has 138 valence electrons. The molecule has 2 aromatic carbocycles. The molecule has 4 nitrogen and oxygen atoms in total. The van der Waals surface area contributed by atoms with E-state index in [0.717, 1.165) is 42.0 Å². The maximum Gasteiger partial charge on any atom is 0.226 e. The van der Waals surface area contributed by atoms with Crippen LogP contribution in [-0.4, -0.2) is 31.1 Å². The highest BCUT2D eigenvalue weighted by Crippen LogP contribution is 2.33. The third-order valence-electron chi connectivity index (χ3n) is 4.99. The highest BCUT2D eigenvalue weighted by Gasteiger charge is 2.29. The maximum atomic E-state index is 12.7. The second kappa shape index (κ2) is 8.26. The predicted octanol–water partition coefficient (Wildman–Crippen LogP) is 4.44. The number of aryl methyl sites for hydroxylation is 2. The van der Waals surface area contributed by atoms with Gasteiger partial charge >= 0.3 is 0 Å². The fourth-order valence-electron chi connectivity index (χ4n) is 3.49. The summed E-state index contributed by atoms with van der Waals surface area (Å²) in [6.07, 6.45) is 2.45. The molecule has 0 saturated carbocycles. The van der Waals surface area contributed by atoms with E-state index in [1.54, 1.807) is 7.11 Å². The van der Waals surface area contributed by atoms with Crippen molar-refractivity contribution < 1.29 is 14.3 Å². The van der Waals surface area contributed by atoms with E-state index < -0.39 is 0 Å². The molecule has 26 heavy (non-hydrogen) atoms. The number of carbonyl (C=O) groups is 1. The SMILES string of the molecule is COc1ccc(C2CCCN2C(=O)CCOc2cc(C)ccc2C)cc1. The fourth-order valence-corrected chi connectivity index (χ4v) is 3.49. The summed E-state index contributed by atoms with van der Waals surface area (Å²) < 4.78 is 11.1. The number of carbonyl (C=O) groups excluding carboxylic acids is 1. The van der Waals surface area contributed by atoms with Gasteiger partial charge in [-0.15, -0.1) is 0 Å². The van der Waals surface area contributed by atoms with E-state index in [0.29, 0.717) is 13.0 Å². The molecular formula is C22H27NO3. The summed E-state index contributed by atoms with van der Waals surface area (Å²) in [5.74, 6) is 1.87.